The summed E-state index contributed by atoms with van der Waals surface area (Å²) >= 11 is 0. The topological polar surface area (TPSA) is 86.2 Å². The number of nitrogens with two attached hydrogens (primary N) is 1. The molecule has 102 valence electrons. The number of nitrogen functional groups attached to an aromatic ring is 1. The van der Waals surface area contributed by atoms with Crippen molar-refractivity contribution in [2.45, 2.75) is 19.4 Å². The predicted molar refractivity (Wildman–Crippen MR) is 71.8 cm³/mol. The molecular weight excluding hydrogens is 244 g/mol. The van der Waals surface area contributed by atoms with E-state index in [9.17, 15) is 5.11 Å². The minimum Gasteiger partial charge on any atom is -0.481 e. The second-order valence-corrected chi connectivity index (χ2v) is 4.44. The number of hydrogen-bond acceptors (Lipinski definition) is 5. The van der Waals surface area contributed by atoms with Crippen molar-refractivity contribution in [3.63, 3.8) is 0 Å². The van der Waals surface area contributed by atoms with Crippen LogP contribution < -0.4 is 10.5 Å². The van der Waals surface area contributed by atoms with E-state index in [1.807, 2.05) is 13.0 Å². The van der Waals surface area contributed by atoms with Crippen molar-refractivity contribution in [2.75, 3.05) is 12.8 Å². The average Bonchev–Trinajstić information content (AvgIpc) is 2.63. The van der Waals surface area contributed by atoms with Gasteiger partial charge in [-0.05, 0) is 24.6 Å². The number of aliphatic hydroxyl groups excluding tert-OH is 1. The largest absolute Gasteiger partial charge is 0.481 e. The number of aromatic nitrogens is 3. The van der Waals surface area contributed by atoms with Gasteiger partial charge >= 0.3 is 0 Å². The second kappa shape index (κ2) is 5.27. The van der Waals surface area contributed by atoms with Crippen molar-refractivity contribution in [2.24, 2.45) is 7.05 Å². The van der Waals surface area contributed by atoms with Gasteiger partial charge in [-0.1, -0.05) is 0 Å². The Hall–Kier alpha value is -2.08. The van der Waals surface area contributed by atoms with Crippen LogP contribution >= 0.6 is 0 Å². The first-order valence-corrected chi connectivity index (χ1v) is 5.99. The number of aliphatic hydroxyl groups is 1. The Bertz CT molecular complexity index is 580. The Morgan fingerprint density at radius 1 is 1.53 bits per heavy atom. The molecule has 1 unspecified atom stereocenters. The summed E-state index contributed by atoms with van der Waals surface area (Å²) < 4.78 is 6.90. The van der Waals surface area contributed by atoms with Gasteiger partial charge in [0.2, 0.25) is 5.88 Å². The predicted octanol–water partition coefficient (Wildman–Crippen LogP) is 0.990. The van der Waals surface area contributed by atoms with Crippen molar-refractivity contribution >= 4 is 5.82 Å². The maximum absolute atomic E-state index is 10.4. The van der Waals surface area contributed by atoms with Gasteiger partial charge in [0.05, 0.1) is 24.5 Å². The molecule has 0 aliphatic rings. The SMILES string of the molecule is COc1c(C(O)Cc2ccnc(N)c2)c(C)nn1C. The molecule has 0 spiro atoms. The van der Waals surface area contributed by atoms with E-state index in [4.69, 9.17) is 10.5 Å². The zero-order valence-electron chi connectivity index (χ0n) is 11.3. The van der Waals surface area contributed by atoms with Crippen molar-refractivity contribution in [1.82, 2.24) is 14.8 Å². The summed E-state index contributed by atoms with van der Waals surface area (Å²) in [5, 5.41) is 14.6. The molecule has 0 saturated carbocycles. The fourth-order valence-corrected chi connectivity index (χ4v) is 2.23. The van der Waals surface area contributed by atoms with Gasteiger partial charge in [-0.3, -0.25) is 0 Å². The monoisotopic (exact) mass is 262 g/mol. The molecule has 0 aromatic carbocycles. The summed E-state index contributed by atoms with van der Waals surface area (Å²) in [5.41, 5.74) is 8.02. The van der Waals surface area contributed by atoms with Crippen molar-refractivity contribution in [3.8, 4) is 5.88 Å². The van der Waals surface area contributed by atoms with E-state index in [1.165, 1.54) is 0 Å². The molecule has 0 bridgehead atoms. The third-order valence-corrected chi connectivity index (χ3v) is 3.02. The van der Waals surface area contributed by atoms with Gasteiger partial charge in [0.1, 0.15) is 5.82 Å². The summed E-state index contributed by atoms with van der Waals surface area (Å²) in [6.45, 7) is 1.85. The summed E-state index contributed by atoms with van der Waals surface area (Å²) in [7, 11) is 3.35. The molecule has 0 amide bonds. The molecule has 19 heavy (non-hydrogen) atoms. The number of pyridine rings is 1. The van der Waals surface area contributed by atoms with Crippen LogP contribution in [0.15, 0.2) is 18.3 Å². The summed E-state index contributed by atoms with van der Waals surface area (Å²) in [6, 6.07) is 3.58. The highest BCUT2D eigenvalue weighted by atomic mass is 16.5. The average molecular weight is 262 g/mol. The van der Waals surface area contributed by atoms with Crippen molar-refractivity contribution in [3.05, 3.63) is 35.2 Å². The van der Waals surface area contributed by atoms with E-state index in [0.717, 1.165) is 11.3 Å². The molecule has 2 rings (SSSR count). The number of methoxy groups -OCH3 is 1. The summed E-state index contributed by atoms with van der Waals surface area (Å²) in [5.74, 6) is 1.02. The summed E-state index contributed by atoms with van der Waals surface area (Å²) in [4.78, 5) is 3.93. The van der Waals surface area contributed by atoms with Crippen LogP contribution in [0.3, 0.4) is 0 Å². The molecule has 0 aliphatic carbocycles. The highest BCUT2D eigenvalue weighted by Crippen LogP contribution is 2.30. The Balaban J connectivity index is 2.27. The number of ether oxygens (including phenoxy) is 1. The zero-order chi connectivity index (χ0) is 14.0. The lowest BCUT2D eigenvalue weighted by molar-refractivity contribution is 0.172. The van der Waals surface area contributed by atoms with Gasteiger partial charge in [0, 0.05) is 19.7 Å². The van der Waals surface area contributed by atoms with E-state index in [2.05, 4.69) is 10.1 Å². The van der Waals surface area contributed by atoms with Gasteiger partial charge < -0.3 is 15.6 Å². The maximum Gasteiger partial charge on any atom is 0.217 e. The Morgan fingerprint density at radius 2 is 2.26 bits per heavy atom. The lowest BCUT2D eigenvalue weighted by Crippen LogP contribution is -2.06. The second-order valence-electron chi connectivity index (χ2n) is 4.44. The normalized spacial score (nSPS) is 12.4. The lowest BCUT2D eigenvalue weighted by Gasteiger charge is -2.12. The molecule has 0 aliphatic heterocycles. The number of anilines is 1. The zero-order valence-corrected chi connectivity index (χ0v) is 11.3. The van der Waals surface area contributed by atoms with Crippen molar-refractivity contribution < 1.29 is 9.84 Å². The fourth-order valence-electron chi connectivity index (χ4n) is 2.23. The number of rotatable bonds is 4. The molecule has 6 nitrogen and oxygen atoms in total. The quantitative estimate of drug-likeness (QED) is 0.858. The molecule has 2 aromatic rings. The van der Waals surface area contributed by atoms with Gasteiger partial charge in [-0.2, -0.15) is 5.10 Å². The van der Waals surface area contributed by atoms with Crippen LogP contribution in [0.25, 0.3) is 0 Å². The molecule has 0 radical (unpaired) electrons. The first-order chi connectivity index (χ1) is 9.02. The van der Waals surface area contributed by atoms with Crippen LogP contribution in [0.5, 0.6) is 5.88 Å². The Kier molecular flexibility index (Phi) is 3.71. The van der Waals surface area contributed by atoms with Gasteiger partial charge in [-0.25, -0.2) is 9.67 Å². The molecule has 0 saturated heterocycles. The standard InChI is InChI=1S/C13H18N4O2/c1-8-12(13(19-3)17(2)16-8)10(18)6-9-4-5-15-11(14)7-9/h4-5,7,10,18H,6H2,1-3H3,(H2,14,15). The minimum atomic E-state index is -0.689. The van der Waals surface area contributed by atoms with Crippen LogP contribution in [0.1, 0.15) is 22.9 Å². The van der Waals surface area contributed by atoms with Crippen LogP contribution in [0, 0.1) is 6.92 Å². The highest BCUT2D eigenvalue weighted by molar-refractivity contribution is 5.36. The molecule has 2 aromatic heterocycles. The van der Waals surface area contributed by atoms with E-state index in [-0.39, 0.29) is 0 Å². The molecule has 0 fully saturated rings. The van der Waals surface area contributed by atoms with Crippen LogP contribution in [-0.2, 0) is 13.5 Å². The number of aryl methyl sites for hydroxylation is 2. The maximum atomic E-state index is 10.4. The van der Waals surface area contributed by atoms with Crippen molar-refractivity contribution in [1.29, 1.82) is 0 Å². The smallest absolute Gasteiger partial charge is 0.217 e. The van der Waals surface area contributed by atoms with Gasteiger partial charge in [0.25, 0.3) is 0 Å². The first kappa shape index (κ1) is 13.4. The Morgan fingerprint density at radius 3 is 2.89 bits per heavy atom. The minimum absolute atomic E-state index is 0.440. The number of nitrogens with zero attached hydrogens (tertiary/aromatic N) is 3. The molecule has 1 atom stereocenters. The summed E-state index contributed by atoms with van der Waals surface area (Å²) in [6.07, 6.45) is 1.38. The van der Waals surface area contributed by atoms with E-state index in [1.54, 1.807) is 31.1 Å². The van der Waals surface area contributed by atoms with Crippen LogP contribution in [0.2, 0.25) is 0 Å². The van der Waals surface area contributed by atoms with Crippen LogP contribution in [0.4, 0.5) is 5.82 Å². The molecule has 3 N–H and O–H groups in total. The third kappa shape index (κ3) is 2.68. The van der Waals surface area contributed by atoms with E-state index in [0.29, 0.717) is 23.7 Å². The van der Waals surface area contributed by atoms with Gasteiger partial charge in [0.15, 0.2) is 0 Å². The molecular formula is C13H18N4O2. The van der Waals surface area contributed by atoms with E-state index < -0.39 is 6.10 Å². The highest BCUT2D eigenvalue weighted by Gasteiger charge is 2.21. The third-order valence-electron chi connectivity index (χ3n) is 3.02. The molecule has 6 heteroatoms. The Labute approximate surface area is 111 Å². The van der Waals surface area contributed by atoms with E-state index >= 15 is 0 Å². The van der Waals surface area contributed by atoms with Gasteiger partial charge in [-0.15, -0.1) is 0 Å². The van der Waals surface area contributed by atoms with Crippen LogP contribution in [-0.4, -0.2) is 27.0 Å². The lowest BCUT2D eigenvalue weighted by atomic mass is 10.0. The fraction of sp³-hybridized carbons (Fsp3) is 0.385. The molecule has 2 heterocycles. The first-order valence-electron chi connectivity index (χ1n) is 5.99. The number of hydrogen-bond donors (Lipinski definition) is 2.